The summed E-state index contributed by atoms with van der Waals surface area (Å²) in [6.45, 7) is 36.6. The van der Waals surface area contributed by atoms with Crippen LogP contribution in [-0.4, -0.2) is 51.2 Å². The van der Waals surface area contributed by atoms with Crippen LogP contribution in [0.2, 0.25) is 0 Å². The predicted octanol–water partition coefficient (Wildman–Crippen LogP) is 6.87. The topological polar surface area (TPSA) is 55.4 Å². The first-order valence-corrected chi connectivity index (χ1v) is 17.2. The molecule has 0 amide bonds. The lowest BCUT2D eigenvalue weighted by atomic mass is 10.2. The van der Waals surface area contributed by atoms with Crippen molar-refractivity contribution in [2.45, 2.75) is 158 Å². The molecule has 0 aliphatic carbocycles. The van der Waals surface area contributed by atoms with Gasteiger partial charge in [-0.2, -0.15) is 0 Å². The van der Waals surface area contributed by atoms with Gasteiger partial charge in [-0.3, -0.25) is 0 Å². The normalized spacial score (nSPS) is 15.2. The molecule has 0 bridgehead atoms. The SMILES string of the molecule is CC(C)(C)O[Si](OC(C)(C)C)(OC(C)(C)C)c1ccc([Si](OC(C)(C)C)(OC(C)(C)C)OC(C)(C)C)cc1. The van der Waals surface area contributed by atoms with E-state index in [0.717, 1.165) is 10.4 Å². The highest BCUT2D eigenvalue weighted by molar-refractivity contribution is 6.77. The molecule has 0 aliphatic heterocycles. The van der Waals surface area contributed by atoms with Gasteiger partial charge in [0.1, 0.15) is 0 Å². The van der Waals surface area contributed by atoms with Gasteiger partial charge in [-0.05, 0) is 125 Å². The fourth-order valence-corrected chi connectivity index (χ4v) is 10.7. The van der Waals surface area contributed by atoms with E-state index in [1.54, 1.807) is 0 Å². The molecule has 8 heteroatoms. The molecule has 0 aromatic heterocycles. The summed E-state index contributed by atoms with van der Waals surface area (Å²) in [5.74, 6) is 0. The summed E-state index contributed by atoms with van der Waals surface area (Å²) in [6, 6.07) is 8.15. The fourth-order valence-electron chi connectivity index (χ4n) is 3.78. The van der Waals surface area contributed by atoms with Gasteiger partial charge in [-0.1, -0.05) is 24.3 Å². The van der Waals surface area contributed by atoms with Crippen LogP contribution in [0.3, 0.4) is 0 Å². The average Bonchev–Trinajstić information content (AvgIpc) is 2.52. The van der Waals surface area contributed by atoms with Gasteiger partial charge in [-0.25, -0.2) is 0 Å². The lowest BCUT2D eigenvalue weighted by Crippen LogP contribution is -2.66. The van der Waals surface area contributed by atoms with Crippen LogP contribution in [0.25, 0.3) is 0 Å². The van der Waals surface area contributed by atoms with Crippen molar-refractivity contribution >= 4 is 28.0 Å². The molecule has 0 saturated carbocycles. The predicted molar refractivity (Wildman–Crippen MR) is 162 cm³/mol. The molecule has 0 atom stereocenters. The van der Waals surface area contributed by atoms with E-state index in [4.69, 9.17) is 26.6 Å². The van der Waals surface area contributed by atoms with Gasteiger partial charge in [-0.15, -0.1) is 0 Å². The highest BCUT2D eigenvalue weighted by Crippen LogP contribution is 2.31. The van der Waals surface area contributed by atoms with E-state index in [1.807, 2.05) is 149 Å². The van der Waals surface area contributed by atoms with E-state index >= 15 is 0 Å². The first-order valence-electron chi connectivity index (χ1n) is 13.8. The molecular formula is C30H58O6Si2. The zero-order valence-electron chi connectivity index (χ0n) is 27.8. The Labute approximate surface area is 236 Å². The monoisotopic (exact) mass is 570 g/mol. The second-order valence-electron chi connectivity index (χ2n) is 16.0. The van der Waals surface area contributed by atoms with Crippen LogP contribution in [0.15, 0.2) is 24.3 Å². The second-order valence-corrected chi connectivity index (χ2v) is 20.6. The molecule has 1 aromatic carbocycles. The number of hydrogen-bond acceptors (Lipinski definition) is 6. The molecule has 6 nitrogen and oxygen atoms in total. The highest BCUT2D eigenvalue weighted by Gasteiger charge is 2.55. The third-order valence-electron chi connectivity index (χ3n) is 4.24. The minimum atomic E-state index is -3.41. The largest absolute Gasteiger partial charge is 0.538 e. The molecule has 1 aromatic rings. The zero-order chi connectivity index (χ0) is 30.2. The molecule has 0 aliphatic rings. The Morgan fingerprint density at radius 1 is 0.316 bits per heavy atom. The minimum absolute atomic E-state index is 0.486. The van der Waals surface area contributed by atoms with Crippen LogP contribution >= 0.6 is 0 Å². The summed E-state index contributed by atoms with van der Waals surface area (Å²) in [6.07, 6.45) is 0. The summed E-state index contributed by atoms with van der Waals surface area (Å²) in [7, 11) is -6.81. The lowest BCUT2D eigenvalue weighted by Gasteiger charge is -2.44. The maximum atomic E-state index is 6.74. The van der Waals surface area contributed by atoms with Crippen LogP contribution in [-0.2, 0) is 26.6 Å². The minimum Gasteiger partial charge on any atom is -0.365 e. The van der Waals surface area contributed by atoms with Crippen LogP contribution < -0.4 is 10.4 Å². The Kier molecular flexibility index (Phi) is 10.6. The van der Waals surface area contributed by atoms with Crippen LogP contribution in [0.1, 0.15) is 125 Å². The Hall–Kier alpha value is -0.586. The van der Waals surface area contributed by atoms with E-state index in [-0.39, 0.29) is 0 Å². The van der Waals surface area contributed by atoms with Crippen molar-refractivity contribution in [2.75, 3.05) is 0 Å². The second kappa shape index (κ2) is 11.4. The molecule has 222 valence electrons. The van der Waals surface area contributed by atoms with E-state index in [1.165, 1.54) is 0 Å². The van der Waals surface area contributed by atoms with Crippen molar-refractivity contribution in [3.8, 4) is 0 Å². The highest BCUT2D eigenvalue weighted by atomic mass is 28.4. The molecule has 0 N–H and O–H groups in total. The molecule has 0 saturated heterocycles. The van der Waals surface area contributed by atoms with Crippen molar-refractivity contribution in [3.63, 3.8) is 0 Å². The first-order chi connectivity index (χ1) is 16.5. The van der Waals surface area contributed by atoms with E-state index < -0.39 is 51.2 Å². The van der Waals surface area contributed by atoms with Crippen LogP contribution in [0.5, 0.6) is 0 Å². The number of rotatable bonds is 8. The average molecular weight is 571 g/mol. The van der Waals surface area contributed by atoms with E-state index in [0.29, 0.717) is 0 Å². The first kappa shape index (κ1) is 35.4. The molecule has 0 radical (unpaired) electrons. The Bertz CT molecular complexity index is 730. The maximum Gasteiger partial charge on any atom is 0.538 e. The van der Waals surface area contributed by atoms with Gasteiger partial charge >= 0.3 is 17.6 Å². The fraction of sp³-hybridized carbons (Fsp3) is 0.800. The molecule has 0 heterocycles. The zero-order valence-corrected chi connectivity index (χ0v) is 29.8. The summed E-state index contributed by atoms with van der Waals surface area (Å²) in [5.41, 5.74) is -2.92. The summed E-state index contributed by atoms with van der Waals surface area (Å²) in [5, 5.41) is 1.76. The van der Waals surface area contributed by atoms with Crippen molar-refractivity contribution in [1.82, 2.24) is 0 Å². The van der Waals surface area contributed by atoms with E-state index in [2.05, 4.69) is 0 Å². The van der Waals surface area contributed by atoms with E-state index in [9.17, 15) is 0 Å². The standard InChI is InChI=1S/C30H58O6Si2/c1-25(2,3)31-37(32-26(4,5)6,33-27(7,8)9)23-19-21-24(22-20-23)38(34-28(10,11)12,35-29(13,14)15)36-30(16,17)18/h19-22H,1-18H3. The number of benzene rings is 1. The van der Waals surface area contributed by atoms with Crippen molar-refractivity contribution in [1.29, 1.82) is 0 Å². The molecule has 0 spiro atoms. The third-order valence-corrected chi connectivity index (χ3v) is 11.6. The van der Waals surface area contributed by atoms with Crippen LogP contribution in [0.4, 0.5) is 0 Å². The Morgan fingerprint density at radius 2 is 0.447 bits per heavy atom. The lowest BCUT2D eigenvalue weighted by molar-refractivity contribution is -0.0675. The van der Waals surface area contributed by atoms with Crippen molar-refractivity contribution in [2.24, 2.45) is 0 Å². The summed E-state index contributed by atoms with van der Waals surface area (Å²) < 4.78 is 40.5. The van der Waals surface area contributed by atoms with Crippen molar-refractivity contribution < 1.29 is 26.6 Å². The Morgan fingerprint density at radius 3 is 0.553 bits per heavy atom. The van der Waals surface area contributed by atoms with Gasteiger partial charge in [0.05, 0.1) is 33.6 Å². The quantitative estimate of drug-likeness (QED) is 0.318. The smallest absolute Gasteiger partial charge is 0.365 e. The molecule has 1 rings (SSSR count). The molecular weight excluding hydrogens is 512 g/mol. The Balaban J connectivity index is 3.90. The van der Waals surface area contributed by atoms with Crippen LogP contribution in [0, 0.1) is 0 Å². The van der Waals surface area contributed by atoms with Gasteiger partial charge in [0.25, 0.3) is 0 Å². The summed E-state index contributed by atoms with van der Waals surface area (Å²) >= 11 is 0. The van der Waals surface area contributed by atoms with Crippen molar-refractivity contribution in [3.05, 3.63) is 24.3 Å². The summed E-state index contributed by atoms with van der Waals surface area (Å²) in [4.78, 5) is 0. The molecule has 38 heavy (non-hydrogen) atoms. The van der Waals surface area contributed by atoms with Gasteiger partial charge in [0.15, 0.2) is 0 Å². The maximum absolute atomic E-state index is 6.74. The van der Waals surface area contributed by atoms with Gasteiger partial charge in [0, 0.05) is 10.4 Å². The number of hydrogen-bond donors (Lipinski definition) is 0. The van der Waals surface area contributed by atoms with Gasteiger partial charge < -0.3 is 26.6 Å². The van der Waals surface area contributed by atoms with Gasteiger partial charge in [0.2, 0.25) is 0 Å². The molecule has 0 fully saturated rings. The third kappa shape index (κ3) is 12.7. The molecule has 0 unspecified atom stereocenters.